The Bertz CT molecular complexity index is 707. The molecule has 2 rings (SSSR count). The number of hydrogen-bond donors (Lipinski definition) is 0. The van der Waals surface area contributed by atoms with Crippen molar-refractivity contribution in [1.82, 2.24) is 0 Å². The zero-order valence-electron chi connectivity index (χ0n) is 16.3. The van der Waals surface area contributed by atoms with Gasteiger partial charge in [-0.1, -0.05) is 90.1 Å². The van der Waals surface area contributed by atoms with Crippen LogP contribution in [0.2, 0.25) is 0 Å². The Kier molecular flexibility index (Phi) is 6.41. The summed E-state index contributed by atoms with van der Waals surface area (Å²) in [6.07, 6.45) is 0. The molecule has 0 amide bonds. The van der Waals surface area contributed by atoms with Crippen LogP contribution >= 0.6 is 21.6 Å². The Morgan fingerprint density at radius 3 is 1.08 bits per heavy atom. The van der Waals surface area contributed by atoms with E-state index in [1.807, 2.05) is 48.5 Å². The second-order valence-electron chi connectivity index (χ2n) is 8.40. The van der Waals surface area contributed by atoms with Crippen molar-refractivity contribution in [3.8, 4) is 0 Å². The lowest BCUT2D eigenvalue weighted by atomic mass is 9.87. The Labute approximate surface area is 164 Å². The molecule has 0 atom stereocenters. The highest BCUT2D eigenvalue weighted by atomic mass is 33.1. The highest BCUT2D eigenvalue weighted by Gasteiger charge is 2.17. The summed E-state index contributed by atoms with van der Waals surface area (Å²) < 4.78 is 0. The van der Waals surface area contributed by atoms with Crippen molar-refractivity contribution in [2.45, 2.75) is 52.4 Å². The molecule has 0 fully saturated rings. The van der Waals surface area contributed by atoms with Crippen LogP contribution in [0.15, 0.2) is 48.5 Å². The van der Waals surface area contributed by atoms with Crippen molar-refractivity contribution in [3.63, 3.8) is 0 Å². The van der Waals surface area contributed by atoms with Crippen LogP contribution in [-0.4, -0.2) is 10.2 Å². The summed E-state index contributed by atoms with van der Waals surface area (Å²) in [4.78, 5) is 24.6. The predicted octanol–water partition coefficient (Wildman–Crippen LogP) is 6.64. The van der Waals surface area contributed by atoms with Gasteiger partial charge in [-0.05, 0) is 43.5 Å². The van der Waals surface area contributed by atoms with Crippen molar-refractivity contribution < 1.29 is 9.59 Å². The van der Waals surface area contributed by atoms with Gasteiger partial charge in [0.2, 0.25) is 10.2 Å². The Balaban J connectivity index is 1.97. The maximum atomic E-state index is 12.3. The Morgan fingerprint density at radius 2 is 0.846 bits per heavy atom. The fourth-order valence-electron chi connectivity index (χ4n) is 2.38. The number of rotatable bonds is 2. The van der Waals surface area contributed by atoms with Gasteiger partial charge in [-0.25, -0.2) is 0 Å². The van der Waals surface area contributed by atoms with E-state index in [1.54, 1.807) is 0 Å². The lowest BCUT2D eigenvalue weighted by molar-refractivity contribution is 0.107. The van der Waals surface area contributed by atoms with Crippen molar-refractivity contribution in [1.29, 1.82) is 0 Å². The van der Waals surface area contributed by atoms with E-state index in [4.69, 9.17) is 0 Å². The van der Waals surface area contributed by atoms with E-state index in [0.29, 0.717) is 11.1 Å². The minimum absolute atomic E-state index is 0.0542. The van der Waals surface area contributed by atoms with Gasteiger partial charge >= 0.3 is 0 Å². The van der Waals surface area contributed by atoms with Gasteiger partial charge in [0, 0.05) is 11.1 Å². The van der Waals surface area contributed by atoms with E-state index in [9.17, 15) is 9.59 Å². The molecule has 4 heteroatoms. The molecule has 2 aromatic rings. The number of benzene rings is 2. The molecule has 26 heavy (non-hydrogen) atoms. The molecular weight excluding hydrogens is 360 g/mol. The number of carbonyl (C=O) groups is 2. The molecule has 0 aliphatic heterocycles. The topological polar surface area (TPSA) is 34.1 Å². The van der Waals surface area contributed by atoms with Gasteiger partial charge in [-0.2, -0.15) is 0 Å². The second kappa shape index (κ2) is 8.01. The molecule has 0 N–H and O–H groups in total. The standard InChI is InChI=1S/C22H26O2S2/c1-21(2,3)17-11-7-15(8-12-17)19(23)25-26-20(24)16-9-13-18(14-10-16)22(4,5)6/h7-14H,1-6H3. The average molecular weight is 387 g/mol. The molecule has 2 nitrogen and oxygen atoms in total. The quantitative estimate of drug-likeness (QED) is 0.542. The van der Waals surface area contributed by atoms with Crippen molar-refractivity contribution in [3.05, 3.63) is 70.8 Å². The zero-order chi connectivity index (χ0) is 19.5. The third-order valence-corrected chi connectivity index (χ3v) is 6.18. The number of hydrogen-bond acceptors (Lipinski definition) is 4. The smallest absolute Gasteiger partial charge is 0.230 e. The summed E-state index contributed by atoms with van der Waals surface area (Å²) in [5, 5.41) is -0.203. The molecule has 0 aromatic heterocycles. The molecule has 0 heterocycles. The summed E-state index contributed by atoms with van der Waals surface area (Å²) >= 11 is 0. The molecule has 0 spiro atoms. The first-order chi connectivity index (χ1) is 12.0. The Hall–Kier alpha value is -1.52. The number of carbonyl (C=O) groups excluding carboxylic acids is 2. The highest BCUT2D eigenvalue weighted by Crippen LogP contribution is 2.31. The van der Waals surface area contributed by atoms with Gasteiger partial charge in [0.15, 0.2) is 0 Å². The molecule has 0 unspecified atom stereocenters. The first-order valence-electron chi connectivity index (χ1n) is 8.63. The summed E-state index contributed by atoms with van der Waals surface area (Å²) in [7, 11) is 1.97. The lowest BCUT2D eigenvalue weighted by Crippen LogP contribution is -2.11. The maximum absolute atomic E-state index is 12.3. The minimum atomic E-state index is -0.102. The van der Waals surface area contributed by atoms with Crippen molar-refractivity contribution in [2.75, 3.05) is 0 Å². The van der Waals surface area contributed by atoms with E-state index < -0.39 is 0 Å². The zero-order valence-corrected chi connectivity index (χ0v) is 17.9. The molecule has 0 radical (unpaired) electrons. The third-order valence-electron chi connectivity index (χ3n) is 4.17. The first-order valence-corrected chi connectivity index (χ1v) is 10.8. The highest BCUT2D eigenvalue weighted by molar-refractivity contribution is 8.87. The monoisotopic (exact) mass is 386 g/mol. The average Bonchev–Trinajstić information content (AvgIpc) is 2.58. The van der Waals surface area contributed by atoms with Gasteiger partial charge in [-0.3, -0.25) is 9.59 Å². The van der Waals surface area contributed by atoms with Gasteiger partial charge in [0.25, 0.3) is 0 Å². The summed E-state index contributed by atoms with van der Waals surface area (Å²) in [6, 6.07) is 15.2. The lowest BCUT2D eigenvalue weighted by Gasteiger charge is -2.19. The van der Waals surface area contributed by atoms with Crippen LogP contribution in [0.1, 0.15) is 73.4 Å². The molecule has 0 aliphatic rings. The summed E-state index contributed by atoms with van der Waals surface area (Å²) in [6.45, 7) is 12.8. The van der Waals surface area contributed by atoms with Gasteiger partial charge in [-0.15, -0.1) is 0 Å². The van der Waals surface area contributed by atoms with Crippen LogP contribution < -0.4 is 0 Å². The van der Waals surface area contributed by atoms with E-state index in [0.717, 1.165) is 21.6 Å². The van der Waals surface area contributed by atoms with E-state index in [1.165, 1.54) is 11.1 Å². The molecule has 0 saturated heterocycles. The summed E-state index contributed by atoms with van der Waals surface area (Å²) in [5.74, 6) is 0. The van der Waals surface area contributed by atoms with Crippen molar-refractivity contribution >= 4 is 31.8 Å². The van der Waals surface area contributed by atoms with Gasteiger partial charge in [0.05, 0.1) is 0 Å². The van der Waals surface area contributed by atoms with Gasteiger partial charge in [0.1, 0.15) is 0 Å². The molecule has 2 aromatic carbocycles. The SMILES string of the molecule is CC(C)(C)c1ccc(C(=O)SSC(=O)c2ccc(C(C)(C)C)cc2)cc1. The molecule has 0 saturated carbocycles. The molecule has 138 valence electrons. The maximum Gasteiger partial charge on any atom is 0.230 e. The first kappa shape index (κ1) is 20.8. The minimum Gasteiger partial charge on any atom is -0.281 e. The van der Waals surface area contributed by atoms with Gasteiger partial charge < -0.3 is 0 Å². The largest absolute Gasteiger partial charge is 0.281 e. The van der Waals surface area contributed by atoms with Crippen LogP contribution in [0.25, 0.3) is 0 Å². The van der Waals surface area contributed by atoms with Crippen molar-refractivity contribution in [2.24, 2.45) is 0 Å². The molecule has 0 aliphatic carbocycles. The van der Waals surface area contributed by atoms with Crippen LogP contribution in [0.4, 0.5) is 0 Å². The van der Waals surface area contributed by atoms with E-state index in [-0.39, 0.29) is 21.1 Å². The van der Waals surface area contributed by atoms with Crippen LogP contribution in [-0.2, 0) is 10.8 Å². The normalized spacial score (nSPS) is 12.1. The van der Waals surface area contributed by atoms with Crippen LogP contribution in [0, 0.1) is 0 Å². The Morgan fingerprint density at radius 1 is 0.577 bits per heavy atom. The molecule has 0 bridgehead atoms. The fourth-order valence-corrected chi connectivity index (χ4v) is 4.03. The fraction of sp³-hybridized carbons (Fsp3) is 0.364. The summed E-state index contributed by atoms with van der Waals surface area (Å²) in [5.41, 5.74) is 3.71. The third kappa shape index (κ3) is 5.49. The predicted molar refractivity (Wildman–Crippen MR) is 114 cm³/mol. The molecular formula is C22H26O2S2. The van der Waals surface area contributed by atoms with Crippen LogP contribution in [0.5, 0.6) is 0 Å². The van der Waals surface area contributed by atoms with Crippen LogP contribution in [0.3, 0.4) is 0 Å². The van der Waals surface area contributed by atoms with E-state index >= 15 is 0 Å². The van der Waals surface area contributed by atoms with E-state index in [2.05, 4.69) is 41.5 Å². The second-order valence-corrected chi connectivity index (χ2v) is 10.5.